The minimum Gasteiger partial charge on any atom is -0.444 e. The van der Waals surface area contributed by atoms with Crippen molar-refractivity contribution in [2.45, 2.75) is 83.8 Å². The molecule has 220 valence electrons. The summed E-state index contributed by atoms with van der Waals surface area (Å²) in [6, 6.07) is 2.61. The average molecular weight is 562 g/mol. The Labute approximate surface area is 225 Å². The summed E-state index contributed by atoms with van der Waals surface area (Å²) in [4.78, 5) is 36.3. The van der Waals surface area contributed by atoms with E-state index in [9.17, 15) is 32.9 Å². The number of halogens is 3. The third kappa shape index (κ3) is 10.4. The van der Waals surface area contributed by atoms with Crippen LogP contribution in [0, 0.1) is 10.1 Å². The lowest BCUT2D eigenvalue weighted by molar-refractivity contribution is -0.388. The normalized spacial score (nSPS) is 19.7. The van der Waals surface area contributed by atoms with Crippen molar-refractivity contribution in [3.05, 3.63) is 33.9 Å². The Morgan fingerprint density at radius 1 is 0.974 bits per heavy atom. The highest BCUT2D eigenvalue weighted by Crippen LogP contribution is 2.38. The van der Waals surface area contributed by atoms with Gasteiger partial charge in [-0.05, 0) is 66.5 Å². The number of benzene rings is 1. The van der Waals surface area contributed by atoms with Crippen LogP contribution in [-0.2, 0) is 15.7 Å². The van der Waals surface area contributed by atoms with Gasteiger partial charge < -0.3 is 30.3 Å². The summed E-state index contributed by atoms with van der Waals surface area (Å²) >= 11 is 0. The molecule has 1 aromatic carbocycles. The second-order valence-electron chi connectivity index (χ2n) is 11.5. The fourth-order valence-corrected chi connectivity index (χ4v) is 3.90. The van der Waals surface area contributed by atoms with Gasteiger partial charge in [-0.15, -0.1) is 0 Å². The van der Waals surface area contributed by atoms with Crippen molar-refractivity contribution in [1.29, 1.82) is 0 Å². The maximum Gasteiger partial charge on any atom is 0.423 e. The van der Waals surface area contributed by atoms with Gasteiger partial charge in [-0.25, -0.2) is 9.59 Å². The summed E-state index contributed by atoms with van der Waals surface area (Å²) in [6.45, 7) is 12.8. The minimum absolute atomic E-state index is 0.110. The van der Waals surface area contributed by atoms with E-state index in [1.165, 1.54) is 11.0 Å². The molecule has 0 unspecified atom stereocenters. The van der Waals surface area contributed by atoms with E-state index >= 15 is 0 Å². The number of nitro groups is 1. The van der Waals surface area contributed by atoms with Crippen LogP contribution in [0.5, 0.6) is 0 Å². The Hall–Kier alpha value is -3.29. The SMILES string of the molecule is CC(C)(C)OC(=O)N1CC[C@H](N)C1.CC(C)(C)OC(=O)N1CC[C@H](Nc2ccc([N+](=O)[O-])c(C(F)(F)F)c2)C1. The maximum absolute atomic E-state index is 13.0. The first kappa shape index (κ1) is 31.9. The van der Waals surface area contributed by atoms with E-state index in [4.69, 9.17) is 15.2 Å². The molecule has 2 amide bonds. The second-order valence-corrected chi connectivity index (χ2v) is 11.5. The molecule has 39 heavy (non-hydrogen) atoms. The van der Waals surface area contributed by atoms with Crippen molar-refractivity contribution in [3.63, 3.8) is 0 Å². The number of nitrogens with zero attached hydrogens (tertiary/aromatic N) is 3. The van der Waals surface area contributed by atoms with Crippen LogP contribution < -0.4 is 11.1 Å². The van der Waals surface area contributed by atoms with Gasteiger partial charge in [0, 0.05) is 50.0 Å². The topological polar surface area (TPSA) is 140 Å². The molecule has 2 aliphatic rings. The van der Waals surface area contributed by atoms with Crippen LogP contribution in [0.15, 0.2) is 18.2 Å². The number of hydrogen-bond donors (Lipinski definition) is 2. The van der Waals surface area contributed by atoms with Crippen LogP contribution in [0.2, 0.25) is 0 Å². The van der Waals surface area contributed by atoms with Crippen LogP contribution in [0.1, 0.15) is 59.9 Å². The van der Waals surface area contributed by atoms with Crippen molar-refractivity contribution in [3.8, 4) is 0 Å². The van der Waals surface area contributed by atoms with E-state index in [1.54, 1.807) is 25.7 Å². The summed E-state index contributed by atoms with van der Waals surface area (Å²) in [6.07, 6.45) is -4.17. The first-order chi connectivity index (χ1) is 17.7. The van der Waals surface area contributed by atoms with Gasteiger partial charge in [-0.1, -0.05) is 0 Å². The molecule has 0 aromatic heterocycles. The van der Waals surface area contributed by atoms with E-state index in [2.05, 4.69) is 5.32 Å². The first-order valence-corrected chi connectivity index (χ1v) is 12.6. The number of nitrogens with one attached hydrogen (secondary N) is 1. The molecule has 0 aliphatic carbocycles. The number of likely N-dealkylation sites (tertiary alicyclic amines) is 2. The molecule has 11 nitrogen and oxygen atoms in total. The van der Waals surface area contributed by atoms with E-state index in [-0.39, 0.29) is 30.4 Å². The standard InChI is InChI=1S/C16H20F3N3O4.C9H18N2O2/c1-15(2,3)26-14(23)21-7-6-11(9-21)20-10-4-5-13(22(24)25)12(8-10)16(17,18)19;1-9(2,3)13-8(12)11-5-4-7(10)6-11/h4-5,8,11,20H,6-7,9H2,1-3H3;7H,4-6,10H2,1-3H3/t11-;7-/m00/s1. The van der Waals surface area contributed by atoms with Gasteiger partial charge >= 0.3 is 18.4 Å². The highest BCUT2D eigenvalue weighted by Gasteiger charge is 2.39. The molecule has 2 atom stereocenters. The monoisotopic (exact) mass is 561 g/mol. The molecule has 3 N–H and O–H groups in total. The van der Waals surface area contributed by atoms with Crippen molar-refractivity contribution in [1.82, 2.24) is 9.80 Å². The zero-order valence-corrected chi connectivity index (χ0v) is 23.1. The van der Waals surface area contributed by atoms with Crippen molar-refractivity contribution in [2.75, 3.05) is 31.5 Å². The third-order valence-corrected chi connectivity index (χ3v) is 5.59. The Balaban J connectivity index is 0.000000344. The van der Waals surface area contributed by atoms with E-state index in [0.717, 1.165) is 19.0 Å². The van der Waals surface area contributed by atoms with Crippen LogP contribution in [0.25, 0.3) is 0 Å². The Bertz CT molecular complexity index is 1040. The zero-order chi connectivity index (χ0) is 29.8. The predicted octanol–water partition coefficient (Wildman–Crippen LogP) is 4.99. The predicted molar refractivity (Wildman–Crippen MR) is 138 cm³/mol. The number of anilines is 1. The van der Waals surface area contributed by atoms with Gasteiger partial charge in [0.15, 0.2) is 0 Å². The van der Waals surface area contributed by atoms with Crippen LogP contribution in [-0.4, -0.2) is 76.4 Å². The quantitative estimate of drug-likeness (QED) is 0.389. The van der Waals surface area contributed by atoms with Crippen molar-refractivity contribution < 1.29 is 37.2 Å². The Kier molecular flexibility index (Phi) is 10.0. The molecule has 14 heteroatoms. The second kappa shape index (κ2) is 12.3. The number of nitrogens with two attached hydrogens (primary N) is 1. The number of ether oxygens (including phenoxy) is 2. The molecule has 3 rings (SSSR count). The number of hydrogen-bond acceptors (Lipinski definition) is 8. The number of carbonyl (C=O) groups is 2. The summed E-state index contributed by atoms with van der Waals surface area (Å²) in [5.74, 6) is 0. The molecule has 2 heterocycles. The summed E-state index contributed by atoms with van der Waals surface area (Å²) < 4.78 is 49.5. The van der Waals surface area contributed by atoms with Gasteiger partial charge in [-0.3, -0.25) is 10.1 Å². The Morgan fingerprint density at radius 2 is 1.49 bits per heavy atom. The van der Waals surface area contributed by atoms with Gasteiger partial charge in [0.1, 0.15) is 16.8 Å². The fraction of sp³-hybridized carbons (Fsp3) is 0.680. The van der Waals surface area contributed by atoms with E-state index < -0.39 is 39.6 Å². The van der Waals surface area contributed by atoms with Gasteiger partial charge in [-0.2, -0.15) is 13.2 Å². The molecule has 2 saturated heterocycles. The summed E-state index contributed by atoms with van der Waals surface area (Å²) in [5, 5.41) is 13.7. The lowest BCUT2D eigenvalue weighted by atomic mass is 10.1. The zero-order valence-electron chi connectivity index (χ0n) is 23.1. The van der Waals surface area contributed by atoms with Gasteiger partial charge in [0.25, 0.3) is 5.69 Å². The van der Waals surface area contributed by atoms with Crippen LogP contribution in [0.3, 0.4) is 0 Å². The molecule has 0 bridgehead atoms. The molecule has 0 radical (unpaired) electrons. The summed E-state index contributed by atoms with van der Waals surface area (Å²) in [5.41, 5.74) is 2.43. The molecule has 0 spiro atoms. The van der Waals surface area contributed by atoms with Gasteiger partial charge in [0.2, 0.25) is 0 Å². The number of rotatable bonds is 3. The third-order valence-electron chi connectivity index (χ3n) is 5.59. The molecule has 0 saturated carbocycles. The maximum atomic E-state index is 13.0. The van der Waals surface area contributed by atoms with Gasteiger partial charge in [0.05, 0.1) is 4.92 Å². The highest BCUT2D eigenvalue weighted by atomic mass is 19.4. The molecule has 2 aliphatic heterocycles. The van der Waals surface area contributed by atoms with Crippen molar-refractivity contribution >= 4 is 23.6 Å². The molecule has 2 fully saturated rings. The first-order valence-electron chi connectivity index (χ1n) is 12.6. The average Bonchev–Trinajstić information content (AvgIpc) is 3.40. The lowest BCUT2D eigenvalue weighted by Gasteiger charge is -2.24. The molecular weight excluding hydrogens is 523 g/mol. The van der Waals surface area contributed by atoms with E-state index in [1.807, 2.05) is 20.8 Å². The number of carbonyl (C=O) groups excluding carboxylic acids is 2. The highest BCUT2D eigenvalue weighted by molar-refractivity contribution is 5.69. The van der Waals surface area contributed by atoms with Crippen molar-refractivity contribution in [2.24, 2.45) is 5.73 Å². The smallest absolute Gasteiger partial charge is 0.423 e. The van der Waals surface area contributed by atoms with Crippen LogP contribution in [0.4, 0.5) is 34.1 Å². The molecule has 1 aromatic rings. The lowest BCUT2D eigenvalue weighted by Crippen LogP contribution is -2.36. The minimum atomic E-state index is -4.84. The number of amides is 2. The van der Waals surface area contributed by atoms with E-state index in [0.29, 0.717) is 25.6 Å². The van der Waals surface area contributed by atoms with Crippen LogP contribution >= 0.6 is 0 Å². The number of alkyl halides is 3. The number of nitro benzene ring substituents is 1. The molecular formula is C25H38F3N5O6. The largest absolute Gasteiger partial charge is 0.444 e. The Morgan fingerprint density at radius 3 is 1.92 bits per heavy atom. The fourth-order valence-electron chi connectivity index (χ4n) is 3.90. The summed E-state index contributed by atoms with van der Waals surface area (Å²) in [7, 11) is 0.